The molecule has 4 rings (SSSR count). The maximum atomic E-state index is 14.2. The van der Waals surface area contributed by atoms with Gasteiger partial charge in [0.1, 0.15) is 5.75 Å². The number of rotatable bonds is 10. The van der Waals surface area contributed by atoms with Crippen molar-refractivity contribution in [2.75, 3.05) is 0 Å². The molecule has 4 aromatic carbocycles. The van der Waals surface area contributed by atoms with E-state index in [9.17, 15) is 23.0 Å². The van der Waals surface area contributed by atoms with Gasteiger partial charge in [-0.05, 0) is 41.7 Å². The van der Waals surface area contributed by atoms with Crippen LogP contribution in [0, 0.1) is 0 Å². The molecule has 0 aliphatic rings. The highest BCUT2D eigenvalue weighted by molar-refractivity contribution is 7.52. The number of hydrogen-bond acceptors (Lipinski definition) is 4. The summed E-state index contributed by atoms with van der Waals surface area (Å²) in [6.45, 7) is 0. The Morgan fingerprint density at radius 3 is 1.75 bits per heavy atom. The SMILES string of the molecule is O=C(c1ccccc1)C(Cc1ccccc1)(Cc1ccc(OP(=O)([O-])C(F)F)cc1)c1ccccc1. The predicted molar refractivity (Wildman–Crippen MR) is 133 cm³/mol. The Balaban J connectivity index is 1.78. The fourth-order valence-corrected chi connectivity index (χ4v) is 4.82. The molecule has 0 N–H and O–H groups in total. The van der Waals surface area contributed by atoms with Gasteiger partial charge >= 0.3 is 6.17 Å². The van der Waals surface area contributed by atoms with Crippen molar-refractivity contribution < 1.29 is 27.6 Å². The zero-order chi connectivity index (χ0) is 25.6. The van der Waals surface area contributed by atoms with E-state index in [1.807, 2.05) is 78.9 Å². The highest BCUT2D eigenvalue weighted by Gasteiger charge is 2.41. The van der Waals surface area contributed by atoms with Crippen LogP contribution in [-0.4, -0.2) is 11.9 Å². The Morgan fingerprint density at radius 1 is 0.750 bits per heavy atom. The van der Waals surface area contributed by atoms with E-state index in [2.05, 4.69) is 4.52 Å². The Kier molecular flexibility index (Phi) is 7.78. The summed E-state index contributed by atoms with van der Waals surface area (Å²) in [6, 6.07) is 34.2. The van der Waals surface area contributed by atoms with E-state index in [4.69, 9.17) is 0 Å². The van der Waals surface area contributed by atoms with Crippen molar-refractivity contribution in [2.45, 2.75) is 24.4 Å². The Labute approximate surface area is 208 Å². The number of halogens is 2. The minimum absolute atomic E-state index is 0.0553. The van der Waals surface area contributed by atoms with Gasteiger partial charge in [0.15, 0.2) is 5.78 Å². The second-order valence-corrected chi connectivity index (χ2v) is 10.2. The van der Waals surface area contributed by atoms with Crippen LogP contribution in [0.3, 0.4) is 0 Å². The van der Waals surface area contributed by atoms with Gasteiger partial charge in [-0.15, -0.1) is 0 Å². The van der Waals surface area contributed by atoms with Gasteiger partial charge in [0.25, 0.3) is 0 Å². The third kappa shape index (κ3) is 5.78. The smallest absolute Gasteiger partial charge is 0.310 e. The largest absolute Gasteiger partial charge is 0.765 e. The maximum absolute atomic E-state index is 14.2. The van der Waals surface area contributed by atoms with Crippen molar-refractivity contribution in [3.05, 3.63) is 138 Å². The van der Waals surface area contributed by atoms with Crippen LogP contribution in [-0.2, 0) is 22.8 Å². The lowest BCUT2D eigenvalue weighted by Gasteiger charge is -2.34. The number of carbonyl (C=O) groups is 1. The standard InChI is InChI=1S/C29H25F2O4P/c30-28(31)36(33,34)35-26-18-16-23(17-19-26)21-29(25-14-8-3-9-15-25,20-22-10-4-1-5-11-22)27(32)24-12-6-2-7-13-24/h1-19,28H,20-21H2,(H,33,34)/p-1. The highest BCUT2D eigenvalue weighted by Crippen LogP contribution is 2.45. The van der Waals surface area contributed by atoms with Crippen molar-refractivity contribution in [1.82, 2.24) is 0 Å². The predicted octanol–water partition coefficient (Wildman–Crippen LogP) is 6.45. The Bertz CT molecular complexity index is 1330. The van der Waals surface area contributed by atoms with Crippen molar-refractivity contribution in [3.63, 3.8) is 0 Å². The number of benzene rings is 4. The molecule has 0 saturated carbocycles. The lowest BCUT2D eigenvalue weighted by molar-refractivity contribution is -0.202. The van der Waals surface area contributed by atoms with Crippen LogP contribution >= 0.6 is 7.60 Å². The maximum Gasteiger partial charge on any atom is 0.310 e. The highest BCUT2D eigenvalue weighted by atomic mass is 31.2. The van der Waals surface area contributed by atoms with Crippen LogP contribution in [0.5, 0.6) is 5.75 Å². The van der Waals surface area contributed by atoms with Gasteiger partial charge in [0.2, 0.25) is 7.60 Å². The fraction of sp³-hybridized carbons (Fsp3) is 0.138. The van der Waals surface area contributed by atoms with E-state index < -0.39 is 19.2 Å². The molecule has 0 aliphatic heterocycles. The molecular formula is C29H24F2O4P-. The van der Waals surface area contributed by atoms with Crippen molar-refractivity contribution in [1.29, 1.82) is 0 Å². The van der Waals surface area contributed by atoms with Crippen molar-refractivity contribution >= 4 is 13.4 Å². The van der Waals surface area contributed by atoms with Crippen molar-refractivity contribution in [2.24, 2.45) is 0 Å². The van der Waals surface area contributed by atoms with E-state index in [0.29, 0.717) is 18.4 Å². The first-order chi connectivity index (χ1) is 17.3. The molecule has 0 bridgehead atoms. The number of ketones is 1. The molecule has 4 aromatic rings. The number of Topliss-reactive ketones (excluding diaryl/α,β-unsaturated/α-hetero) is 1. The van der Waals surface area contributed by atoms with E-state index >= 15 is 0 Å². The first kappa shape index (κ1) is 25.5. The molecule has 4 nitrogen and oxygen atoms in total. The summed E-state index contributed by atoms with van der Waals surface area (Å²) in [5, 5.41) is 0. The third-order valence-electron chi connectivity index (χ3n) is 6.05. The number of hydrogen-bond donors (Lipinski definition) is 0. The lowest BCUT2D eigenvalue weighted by Crippen LogP contribution is -2.40. The molecule has 7 heteroatoms. The molecule has 2 atom stereocenters. The zero-order valence-electron chi connectivity index (χ0n) is 19.3. The minimum Gasteiger partial charge on any atom is -0.765 e. The van der Waals surface area contributed by atoms with E-state index in [-0.39, 0.29) is 11.5 Å². The summed E-state index contributed by atoms with van der Waals surface area (Å²) < 4.78 is 41.4. The van der Waals surface area contributed by atoms with Gasteiger partial charge in [0.05, 0.1) is 5.41 Å². The van der Waals surface area contributed by atoms with Gasteiger partial charge in [-0.1, -0.05) is 103 Å². The van der Waals surface area contributed by atoms with Crippen LogP contribution in [0.1, 0.15) is 27.0 Å². The van der Waals surface area contributed by atoms with E-state index in [1.54, 1.807) is 24.3 Å². The Hall–Kier alpha value is -3.60. The summed E-state index contributed by atoms with van der Waals surface area (Å²) in [5.74, 6) is -0.264. The molecule has 36 heavy (non-hydrogen) atoms. The van der Waals surface area contributed by atoms with Gasteiger partial charge in [0, 0.05) is 5.56 Å². The van der Waals surface area contributed by atoms with Crippen molar-refractivity contribution in [3.8, 4) is 5.75 Å². The topological polar surface area (TPSA) is 66.4 Å². The summed E-state index contributed by atoms with van der Waals surface area (Å²) in [7, 11) is -5.33. The van der Waals surface area contributed by atoms with Crippen LogP contribution in [0.25, 0.3) is 0 Å². The van der Waals surface area contributed by atoms with E-state index in [0.717, 1.165) is 16.7 Å². The van der Waals surface area contributed by atoms with Crippen LogP contribution < -0.4 is 9.42 Å². The quantitative estimate of drug-likeness (QED) is 0.184. The normalized spacial score (nSPS) is 14.6. The zero-order valence-corrected chi connectivity index (χ0v) is 20.2. The van der Waals surface area contributed by atoms with Crippen LogP contribution in [0.15, 0.2) is 115 Å². The second-order valence-electron chi connectivity index (χ2n) is 8.54. The molecule has 0 aromatic heterocycles. The second kappa shape index (κ2) is 11.0. The van der Waals surface area contributed by atoms with Gasteiger partial charge < -0.3 is 9.42 Å². The number of alkyl halides is 2. The van der Waals surface area contributed by atoms with Crippen LogP contribution in [0.2, 0.25) is 0 Å². The summed E-state index contributed by atoms with van der Waals surface area (Å²) in [5.41, 5.74) is 2.13. The fourth-order valence-electron chi connectivity index (χ4n) is 4.33. The van der Waals surface area contributed by atoms with Gasteiger partial charge in [-0.2, -0.15) is 8.78 Å². The first-order valence-corrected chi connectivity index (χ1v) is 13.0. The Morgan fingerprint density at radius 2 is 1.22 bits per heavy atom. The lowest BCUT2D eigenvalue weighted by atomic mass is 9.67. The molecule has 0 radical (unpaired) electrons. The van der Waals surface area contributed by atoms with Gasteiger partial charge in [-0.3, -0.25) is 9.36 Å². The average Bonchev–Trinajstić information content (AvgIpc) is 2.90. The molecule has 0 saturated heterocycles. The summed E-state index contributed by atoms with van der Waals surface area (Å²) in [4.78, 5) is 25.7. The molecule has 2 unspecified atom stereocenters. The molecule has 0 fully saturated rings. The molecule has 184 valence electrons. The van der Waals surface area contributed by atoms with E-state index in [1.165, 1.54) is 12.1 Å². The van der Waals surface area contributed by atoms with Gasteiger partial charge in [-0.25, -0.2) is 0 Å². The first-order valence-electron chi connectivity index (χ1n) is 11.4. The third-order valence-corrected chi connectivity index (χ3v) is 6.99. The molecule has 0 heterocycles. The average molecular weight is 505 g/mol. The summed E-state index contributed by atoms with van der Waals surface area (Å²) in [6.07, 6.45) is -2.90. The molecular weight excluding hydrogens is 481 g/mol. The summed E-state index contributed by atoms with van der Waals surface area (Å²) >= 11 is 0. The molecule has 0 amide bonds. The van der Waals surface area contributed by atoms with Crippen LogP contribution in [0.4, 0.5) is 8.78 Å². The molecule has 0 spiro atoms. The molecule has 0 aliphatic carbocycles. The minimum atomic E-state index is -5.33. The monoisotopic (exact) mass is 505 g/mol. The number of carbonyl (C=O) groups excluding carboxylic acids is 1.